The number of halogens is 3. The van der Waals surface area contributed by atoms with Crippen LogP contribution >= 0.6 is 39.1 Å². The van der Waals surface area contributed by atoms with E-state index >= 15 is 0 Å². The minimum absolute atomic E-state index is 0.136. The van der Waals surface area contributed by atoms with E-state index in [1.54, 1.807) is 16.8 Å². The number of benzene rings is 1. The molecule has 1 heterocycles. The Hall–Kier alpha value is -0.820. The van der Waals surface area contributed by atoms with Gasteiger partial charge in [-0.1, -0.05) is 44.3 Å². The van der Waals surface area contributed by atoms with Crippen molar-refractivity contribution in [1.82, 2.24) is 15.0 Å². The lowest BCUT2D eigenvalue weighted by Gasteiger charge is -2.09. The average Bonchev–Trinajstić information content (AvgIpc) is 2.83. The molecule has 2 aromatic rings. The highest BCUT2D eigenvalue weighted by molar-refractivity contribution is 9.10. The van der Waals surface area contributed by atoms with Crippen molar-refractivity contribution in [3.8, 4) is 0 Å². The topological polar surface area (TPSA) is 63.0 Å². The minimum Gasteiger partial charge on any atom is -0.396 e. The van der Waals surface area contributed by atoms with Crippen molar-refractivity contribution in [2.75, 3.05) is 11.9 Å². The number of aliphatic hydroxyl groups is 1. The Morgan fingerprint density at radius 3 is 2.65 bits per heavy atom. The minimum atomic E-state index is 0.136. The molecule has 8 heteroatoms. The summed E-state index contributed by atoms with van der Waals surface area (Å²) in [5.74, 6) is 0. The van der Waals surface area contributed by atoms with Gasteiger partial charge in [-0.25, -0.2) is 0 Å². The quantitative estimate of drug-likeness (QED) is 0.807. The molecular weight excluding hydrogens is 367 g/mol. The van der Waals surface area contributed by atoms with E-state index in [1.807, 2.05) is 6.20 Å². The molecule has 2 N–H and O–H groups in total. The van der Waals surface area contributed by atoms with E-state index in [0.29, 0.717) is 35.2 Å². The first-order valence-corrected chi connectivity index (χ1v) is 7.53. The van der Waals surface area contributed by atoms with Gasteiger partial charge in [0.05, 0.1) is 28.5 Å². The highest BCUT2D eigenvalue weighted by Crippen LogP contribution is 2.33. The number of hydrogen-bond acceptors (Lipinski definition) is 4. The van der Waals surface area contributed by atoms with Crippen LogP contribution in [0, 0.1) is 0 Å². The van der Waals surface area contributed by atoms with Crippen LogP contribution in [0.1, 0.15) is 12.1 Å². The first-order valence-electron chi connectivity index (χ1n) is 5.98. The predicted octanol–water partition coefficient (Wildman–Crippen LogP) is 3.34. The zero-order chi connectivity index (χ0) is 14.5. The molecule has 108 valence electrons. The second-order valence-corrected chi connectivity index (χ2v) is 5.88. The Bertz CT molecular complexity index is 568. The molecule has 0 aliphatic heterocycles. The van der Waals surface area contributed by atoms with Crippen LogP contribution in [0.5, 0.6) is 0 Å². The van der Waals surface area contributed by atoms with Crippen molar-refractivity contribution in [2.24, 2.45) is 0 Å². The third-order valence-electron chi connectivity index (χ3n) is 2.58. The van der Waals surface area contributed by atoms with Gasteiger partial charge in [0.25, 0.3) is 0 Å². The monoisotopic (exact) mass is 378 g/mol. The van der Waals surface area contributed by atoms with Gasteiger partial charge in [0.15, 0.2) is 0 Å². The first kappa shape index (κ1) is 15.6. The molecule has 0 atom stereocenters. The number of nitrogens with one attached hydrogen (secondary N) is 1. The normalized spacial score (nSPS) is 10.8. The van der Waals surface area contributed by atoms with Crippen molar-refractivity contribution >= 4 is 44.8 Å². The van der Waals surface area contributed by atoms with Crippen LogP contribution in [0.4, 0.5) is 5.69 Å². The van der Waals surface area contributed by atoms with E-state index in [9.17, 15) is 0 Å². The molecule has 0 unspecified atom stereocenters. The number of hydrogen-bond donors (Lipinski definition) is 2. The van der Waals surface area contributed by atoms with Gasteiger partial charge in [-0.05, 0) is 18.6 Å². The van der Waals surface area contributed by atoms with Gasteiger partial charge in [0, 0.05) is 17.6 Å². The van der Waals surface area contributed by atoms with Crippen molar-refractivity contribution in [3.05, 3.63) is 38.5 Å². The summed E-state index contributed by atoms with van der Waals surface area (Å²) >= 11 is 15.6. The summed E-state index contributed by atoms with van der Waals surface area (Å²) in [5, 5.41) is 21.0. The van der Waals surface area contributed by atoms with Crippen LogP contribution in [-0.4, -0.2) is 26.7 Å². The molecule has 0 radical (unpaired) electrons. The second-order valence-electron chi connectivity index (χ2n) is 4.15. The molecule has 1 aromatic carbocycles. The highest BCUT2D eigenvalue weighted by Gasteiger charge is 2.08. The van der Waals surface area contributed by atoms with Crippen LogP contribution in [0.15, 0.2) is 22.8 Å². The van der Waals surface area contributed by atoms with Crippen LogP contribution < -0.4 is 5.32 Å². The molecule has 0 aliphatic carbocycles. The number of rotatable bonds is 6. The second kappa shape index (κ2) is 7.26. The van der Waals surface area contributed by atoms with Gasteiger partial charge in [0.1, 0.15) is 5.69 Å². The maximum Gasteiger partial charge on any atom is 0.102 e. The van der Waals surface area contributed by atoms with Gasteiger partial charge < -0.3 is 10.4 Å². The predicted molar refractivity (Wildman–Crippen MR) is 83.2 cm³/mol. The summed E-state index contributed by atoms with van der Waals surface area (Å²) in [6, 6.07) is 3.54. The summed E-state index contributed by atoms with van der Waals surface area (Å²) in [4.78, 5) is 0. The van der Waals surface area contributed by atoms with Gasteiger partial charge in [-0.15, -0.1) is 5.10 Å². The van der Waals surface area contributed by atoms with E-state index < -0.39 is 0 Å². The zero-order valence-electron chi connectivity index (χ0n) is 10.5. The van der Waals surface area contributed by atoms with E-state index in [0.717, 1.165) is 10.2 Å². The Balaban J connectivity index is 2.00. The fourth-order valence-electron chi connectivity index (χ4n) is 1.65. The van der Waals surface area contributed by atoms with Gasteiger partial charge >= 0.3 is 0 Å². The summed E-state index contributed by atoms with van der Waals surface area (Å²) in [7, 11) is 0. The molecule has 2 rings (SSSR count). The third kappa shape index (κ3) is 4.09. The molecular formula is C12H13BrCl2N4O. The summed E-state index contributed by atoms with van der Waals surface area (Å²) in [6.45, 7) is 1.25. The van der Waals surface area contributed by atoms with E-state index in [1.165, 1.54) is 0 Å². The number of anilines is 1. The fraction of sp³-hybridized carbons (Fsp3) is 0.333. The number of aliphatic hydroxyl groups excluding tert-OH is 1. The molecule has 0 saturated heterocycles. The van der Waals surface area contributed by atoms with Crippen LogP contribution in [0.25, 0.3) is 0 Å². The zero-order valence-corrected chi connectivity index (χ0v) is 13.6. The number of nitrogens with zero attached hydrogens (tertiary/aromatic N) is 3. The summed E-state index contributed by atoms with van der Waals surface area (Å²) in [6.07, 6.45) is 2.48. The molecule has 0 aliphatic rings. The molecule has 0 spiro atoms. The van der Waals surface area contributed by atoms with Gasteiger partial charge in [-0.2, -0.15) is 0 Å². The molecule has 0 bridgehead atoms. The Morgan fingerprint density at radius 2 is 2.00 bits per heavy atom. The van der Waals surface area contributed by atoms with Crippen molar-refractivity contribution in [1.29, 1.82) is 0 Å². The Morgan fingerprint density at radius 1 is 1.30 bits per heavy atom. The average molecular weight is 380 g/mol. The maximum atomic E-state index is 8.76. The van der Waals surface area contributed by atoms with E-state index in [-0.39, 0.29) is 6.61 Å². The summed E-state index contributed by atoms with van der Waals surface area (Å²) < 4.78 is 2.52. The van der Waals surface area contributed by atoms with E-state index in [4.69, 9.17) is 28.3 Å². The van der Waals surface area contributed by atoms with Gasteiger partial charge in [0.2, 0.25) is 0 Å². The summed E-state index contributed by atoms with van der Waals surface area (Å²) in [5.41, 5.74) is 1.44. The lowest BCUT2D eigenvalue weighted by atomic mass is 10.3. The molecule has 0 fully saturated rings. The Kier molecular flexibility index (Phi) is 5.65. The van der Waals surface area contributed by atoms with E-state index in [2.05, 4.69) is 31.6 Å². The third-order valence-corrected chi connectivity index (χ3v) is 3.64. The fourth-order valence-corrected chi connectivity index (χ4v) is 2.99. The molecule has 0 amide bonds. The number of aryl methyl sites for hydroxylation is 1. The SMILES string of the molecule is OCCCn1cc(CNc2c(Cl)cc(Br)cc2Cl)nn1. The smallest absolute Gasteiger partial charge is 0.102 e. The van der Waals surface area contributed by atoms with Gasteiger partial charge in [-0.3, -0.25) is 4.68 Å². The van der Waals surface area contributed by atoms with Crippen molar-refractivity contribution in [2.45, 2.75) is 19.5 Å². The highest BCUT2D eigenvalue weighted by atomic mass is 79.9. The molecule has 1 aromatic heterocycles. The first-order chi connectivity index (χ1) is 9.60. The lowest BCUT2D eigenvalue weighted by Crippen LogP contribution is -2.01. The van der Waals surface area contributed by atoms with Crippen LogP contribution in [0.3, 0.4) is 0 Å². The number of aromatic nitrogens is 3. The van der Waals surface area contributed by atoms with Crippen LogP contribution in [0.2, 0.25) is 10.0 Å². The standard InChI is InChI=1S/C12H13BrCl2N4O/c13-8-4-10(14)12(11(15)5-8)16-6-9-7-19(18-17-9)2-1-3-20/h4-5,7,16,20H,1-3,6H2. The lowest BCUT2D eigenvalue weighted by molar-refractivity contribution is 0.276. The molecule has 20 heavy (non-hydrogen) atoms. The van der Waals surface area contributed by atoms with Crippen molar-refractivity contribution in [3.63, 3.8) is 0 Å². The molecule has 5 nitrogen and oxygen atoms in total. The molecule has 0 saturated carbocycles. The van der Waals surface area contributed by atoms with Crippen LogP contribution in [-0.2, 0) is 13.1 Å². The maximum absolute atomic E-state index is 8.76. The Labute approximate surface area is 135 Å². The van der Waals surface area contributed by atoms with Crippen molar-refractivity contribution < 1.29 is 5.11 Å². The largest absolute Gasteiger partial charge is 0.396 e.